The number of quaternary nitrogens is 1. The Morgan fingerprint density at radius 3 is 2.70 bits per heavy atom. The SMILES string of the molecule is CNC(=O)c1cccc(NC(=O)C[NH+](C)Cc2ccc(Cl)s2)c1. The van der Waals surface area contributed by atoms with Crippen molar-refractivity contribution in [3.63, 3.8) is 0 Å². The van der Waals surface area contributed by atoms with E-state index in [0.717, 1.165) is 20.7 Å². The number of amides is 2. The van der Waals surface area contributed by atoms with E-state index in [-0.39, 0.29) is 11.8 Å². The highest BCUT2D eigenvalue weighted by Crippen LogP contribution is 2.20. The molecule has 7 heteroatoms. The molecule has 2 aromatic rings. The topological polar surface area (TPSA) is 62.6 Å². The highest BCUT2D eigenvalue weighted by molar-refractivity contribution is 7.16. The molecule has 0 radical (unpaired) electrons. The van der Waals surface area contributed by atoms with E-state index in [9.17, 15) is 9.59 Å². The van der Waals surface area contributed by atoms with Gasteiger partial charge < -0.3 is 15.5 Å². The number of nitrogens with one attached hydrogen (secondary N) is 3. The average Bonchev–Trinajstić information content (AvgIpc) is 2.91. The van der Waals surface area contributed by atoms with Crippen LogP contribution in [-0.2, 0) is 11.3 Å². The van der Waals surface area contributed by atoms with E-state index in [0.29, 0.717) is 17.8 Å². The maximum absolute atomic E-state index is 12.1. The molecule has 0 saturated heterocycles. The van der Waals surface area contributed by atoms with Gasteiger partial charge in [0.1, 0.15) is 6.54 Å². The molecule has 0 saturated carbocycles. The van der Waals surface area contributed by atoms with Crippen molar-refractivity contribution in [2.24, 2.45) is 0 Å². The van der Waals surface area contributed by atoms with Gasteiger partial charge in [-0.25, -0.2) is 0 Å². The Morgan fingerprint density at radius 2 is 2.04 bits per heavy atom. The standard InChI is InChI=1S/C16H18ClN3O2S/c1-18-16(22)11-4-3-5-12(8-11)19-15(21)10-20(2)9-13-6-7-14(17)23-13/h3-8H,9-10H2,1-2H3,(H,18,22)(H,19,21)/p+1. The summed E-state index contributed by atoms with van der Waals surface area (Å²) < 4.78 is 0.753. The van der Waals surface area contributed by atoms with Gasteiger partial charge in [-0.05, 0) is 30.3 Å². The quantitative estimate of drug-likeness (QED) is 0.736. The lowest BCUT2D eigenvalue weighted by Crippen LogP contribution is -3.08. The van der Waals surface area contributed by atoms with Gasteiger partial charge in [0.15, 0.2) is 6.54 Å². The number of carbonyl (C=O) groups excluding carboxylic acids is 2. The van der Waals surface area contributed by atoms with E-state index in [1.807, 2.05) is 19.2 Å². The number of likely N-dealkylation sites (N-methyl/N-ethyl adjacent to an activating group) is 1. The number of benzene rings is 1. The molecule has 0 aliphatic rings. The molecule has 5 nitrogen and oxygen atoms in total. The molecule has 1 aromatic heterocycles. The zero-order valence-corrected chi connectivity index (χ0v) is 14.6. The van der Waals surface area contributed by atoms with Crippen molar-refractivity contribution in [1.82, 2.24) is 5.32 Å². The second-order valence-electron chi connectivity index (χ2n) is 5.22. The van der Waals surface area contributed by atoms with Crippen LogP contribution >= 0.6 is 22.9 Å². The summed E-state index contributed by atoms with van der Waals surface area (Å²) >= 11 is 7.43. The molecule has 0 fully saturated rings. The maximum Gasteiger partial charge on any atom is 0.279 e. The van der Waals surface area contributed by atoms with Crippen LogP contribution in [0.25, 0.3) is 0 Å². The van der Waals surface area contributed by atoms with Gasteiger partial charge in [-0.2, -0.15) is 0 Å². The highest BCUT2D eigenvalue weighted by atomic mass is 35.5. The Bertz CT molecular complexity index is 702. The summed E-state index contributed by atoms with van der Waals surface area (Å²) in [5.41, 5.74) is 1.13. The van der Waals surface area contributed by atoms with Gasteiger partial charge >= 0.3 is 0 Å². The van der Waals surface area contributed by atoms with Crippen LogP contribution in [0.2, 0.25) is 4.34 Å². The van der Waals surface area contributed by atoms with Crippen LogP contribution in [0.5, 0.6) is 0 Å². The minimum Gasteiger partial charge on any atom is -0.355 e. The summed E-state index contributed by atoms with van der Waals surface area (Å²) in [4.78, 5) is 25.9. The molecule has 0 spiro atoms. The Hall–Kier alpha value is -1.89. The van der Waals surface area contributed by atoms with Crippen molar-refractivity contribution in [3.8, 4) is 0 Å². The monoisotopic (exact) mass is 352 g/mol. The number of anilines is 1. The second-order valence-corrected chi connectivity index (χ2v) is 7.02. The van der Waals surface area contributed by atoms with Gasteiger partial charge in [0.05, 0.1) is 16.3 Å². The van der Waals surface area contributed by atoms with Crippen molar-refractivity contribution in [3.05, 3.63) is 51.2 Å². The molecule has 1 atom stereocenters. The van der Waals surface area contributed by atoms with E-state index >= 15 is 0 Å². The van der Waals surface area contributed by atoms with Gasteiger partial charge in [0, 0.05) is 18.3 Å². The maximum atomic E-state index is 12.1. The van der Waals surface area contributed by atoms with E-state index in [1.165, 1.54) is 11.3 Å². The largest absolute Gasteiger partial charge is 0.355 e. The zero-order valence-electron chi connectivity index (χ0n) is 13.0. The minimum absolute atomic E-state index is 0.0980. The lowest BCUT2D eigenvalue weighted by Gasteiger charge is -2.13. The summed E-state index contributed by atoms with van der Waals surface area (Å²) in [6, 6.07) is 10.7. The molecule has 23 heavy (non-hydrogen) atoms. The van der Waals surface area contributed by atoms with E-state index < -0.39 is 0 Å². The first-order chi connectivity index (χ1) is 11.0. The molecule has 3 N–H and O–H groups in total. The van der Waals surface area contributed by atoms with E-state index in [2.05, 4.69) is 10.6 Å². The van der Waals surface area contributed by atoms with Gasteiger partial charge in [-0.15, -0.1) is 11.3 Å². The van der Waals surface area contributed by atoms with Crippen LogP contribution in [0.15, 0.2) is 36.4 Å². The van der Waals surface area contributed by atoms with Crippen molar-refractivity contribution < 1.29 is 14.5 Å². The smallest absolute Gasteiger partial charge is 0.279 e. The third-order valence-electron chi connectivity index (χ3n) is 3.20. The molecule has 0 bridgehead atoms. The van der Waals surface area contributed by atoms with E-state index in [1.54, 1.807) is 31.3 Å². The van der Waals surface area contributed by atoms with Crippen molar-refractivity contribution in [2.75, 3.05) is 26.0 Å². The van der Waals surface area contributed by atoms with Gasteiger partial charge in [-0.3, -0.25) is 9.59 Å². The second kappa shape index (κ2) is 8.10. The van der Waals surface area contributed by atoms with Crippen LogP contribution in [0, 0.1) is 0 Å². The number of hydrogen-bond donors (Lipinski definition) is 3. The molecule has 2 rings (SSSR count). The van der Waals surface area contributed by atoms with Gasteiger partial charge in [0.2, 0.25) is 0 Å². The lowest BCUT2D eigenvalue weighted by atomic mass is 10.2. The normalized spacial score (nSPS) is 11.8. The first-order valence-corrected chi connectivity index (χ1v) is 8.35. The summed E-state index contributed by atoms with van der Waals surface area (Å²) in [5.74, 6) is -0.280. The zero-order chi connectivity index (χ0) is 16.8. The van der Waals surface area contributed by atoms with Crippen LogP contribution in [0.1, 0.15) is 15.2 Å². The Kier molecular flexibility index (Phi) is 6.15. The van der Waals surface area contributed by atoms with Gasteiger partial charge in [-0.1, -0.05) is 17.7 Å². The van der Waals surface area contributed by atoms with Crippen molar-refractivity contribution in [1.29, 1.82) is 0 Å². The summed E-state index contributed by atoms with van der Waals surface area (Å²) in [6.45, 7) is 1.07. The van der Waals surface area contributed by atoms with Crippen LogP contribution in [0.4, 0.5) is 5.69 Å². The number of rotatable bonds is 6. The molecular weight excluding hydrogens is 334 g/mol. The van der Waals surface area contributed by atoms with E-state index in [4.69, 9.17) is 11.6 Å². The molecule has 0 aliphatic carbocycles. The van der Waals surface area contributed by atoms with Crippen molar-refractivity contribution >= 4 is 40.4 Å². The highest BCUT2D eigenvalue weighted by Gasteiger charge is 2.13. The Balaban J connectivity index is 1.90. The van der Waals surface area contributed by atoms with Gasteiger partial charge in [0.25, 0.3) is 11.8 Å². The first-order valence-electron chi connectivity index (χ1n) is 7.15. The molecule has 1 heterocycles. The number of hydrogen-bond acceptors (Lipinski definition) is 3. The third-order valence-corrected chi connectivity index (χ3v) is 4.43. The Labute approximate surface area is 144 Å². The molecule has 1 aromatic carbocycles. The summed E-state index contributed by atoms with van der Waals surface area (Å²) in [7, 11) is 3.52. The average molecular weight is 353 g/mol. The van der Waals surface area contributed by atoms with Crippen LogP contribution < -0.4 is 15.5 Å². The number of carbonyl (C=O) groups is 2. The van der Waals surface area contributed by atoms with Crippen molar-refractivity contribution in [2.45, 2.75) is 6.54 Å². The molecule has 122 valence electrons. The molecule has 0 aliphatic heterocycles. The third kappa shape index (κ3) is 5.35. The molecular formula is C16H19ClN3O2S+. The fourth-order valence-corrected chi connectivity index (χ4v) is 3.37. The molecule has 1 unspecified atom stereocenters. The molecule has 2 amide bonds. The fourth-order valence-electron chi connectivity index (χ4n) is 2.17. The predicted octanol–water partition coefficient (Wildman–Crippen LogP) is 1.41. The summed E-state index contributed by atoms with van der Waals surface area (Å²) in [5, 5.41) is 5.38. The minimum atomic E-state index is -0.182. The summed E-state index contributed by atoms with van der Waals surface area (Å²) in [6.07, 6.45) is 0. The predicted molar refractivity (Wildman–Crippen MR) is 93.2 cm³/mol. The Morgan fingerprint density at radius 1 is 1.26 bits per heavy atom. The lowest BCUT2D eigenvalue weighted by molar-refractivity contribution is -0.884. The number of halogens is 1. The fraction of sp³-hybridized carbons (Fsp3) is 0.250. The van der Waals surface area contributed by atoms with Crippen LogP contribution in [0.3, 0.4) is 0 Å². The van der Waals surface area contributed by atoms with Crippen LogP contribution in [-0.4, -0.2) is 32.5 Å². The number of thiophene rings is 1. The first kappa shape index (κ1) is 17.5.